The zero-order valence-electron chi connectivity index (χ0n) is 7.77. The molecule has 1 N–H and O–H groups in total. The molecule has 0 aliphatic heterocycles. The van der Waals surface area contributed by atoms with Crippen molar-refractivity contribution in [3.63, 3.8) is 0 Å². The minimum atomic E-state index is -0.789. The second kappa shape index (κ2) is 4.03. The maximum atomic E-state index is 10.9. The number of nitrogens with zero attached hydrogens (tertiary/aromatic N) is 1. The van der Waals surface area contributed by atoms with Crippen molar-refractivity contribution in [1.29, 1.82) is 0 Å². The van der Waals surface area contributed by atoms with Gasteiger partial charge in [0.2, 0.25) is 0 Å². The standard InChI is InChI=1S/C10H13NO2/c1-7(2)9(10(12)13)8-4-3-5-11-6-8/h3-7,9H,1-2H3,(H,12,13)/t9-/m1/s1. The van der Waals surface area contributed by atoms with Crippen molar-refractivity contribution >= 4 is 5.97 Å². The number of hydrogen-bond donors (Lipinski definition) is 1. The first-order valence-corrected chi connectivity index (χ1v) is 4.25. The van der Waals surface area contributed by atoms with Gasteiger partial charge in [-0.05, 0) is 17.5 Å². The molecule has 1 aromatic rings. The first-order chi connectivity index (χ1) is 6.13. The number of aliphatic carboxylic acids is 1. The fourth-order valence-corrected chi connectivity index (χ4v) is 1.37. The maximum absolute atomic E-state index is 10.9. The molecule has 0 aromatic carbocycles. The fraction of sp³-hybridized carbons (Fsp3) is 0.400. The van der Waals surface area contributed by atoms with Crippen molar-refractivity contribution in [2.45, 2.75) is 19.8 Å². The summed E-state index contributed by atoms with van der Waals surface area (Å²) in [6, 6.07) is 3.56. The topological polar surface area (TPSA) is 50.2 Å². The van der Waals surface area contributed by atoms with Gasteiger partial charge in [0.1, 0.15) is 0 Å². The molecular weight excluding hydrogens is 166 g/mol. The van der Waals surface area contributed by atoms with Crippen LogP contribution in [0.2, 0.25) is 0 Å². The van der Waals surface area contributed by atoms with Crippen molar-refractivity contribution in [2.75, 3.05) is 0 Å². The molecule has 0 fully saturated rings. The number of rotatable bonds is 3. The van der Waals surface area contributed by atoms with Crippen LogP contribution in [0.5, 0.6) is 0 Å². The Morgan fingerprint density at radius 1 is 1.54 bits per heavy atom. The van der Waals surface area contributed by atoms with E-state index in [1.165, 1.54) is 0 Å². The summed E-state index contributed by atoms with van der Waals surface area (Å²) in [6.07, 6.45) is 3.25. The zero-order valence-corrected chi connectivity index (χ0v) is 7.77. The molecule has 0 radical (unpaired) electrons. The molecule has 3 heteroatoms. The maximum Gasteiger partial charge on any atom is 0.311 e. The first kappa shape index (κ1) is 9.71. The highest BCUT2D eigenvalue weighted by molar-refractivity contribution is 5.76. The lowest BCUT2D eigenvalue weighted by molar-refractivity contribution is -0.139. The predicted octanol–water partition coefficient (Wildman–Crippen LogP) is 1.91. The molecule has 3 nitrogen and oxygen atoms in total. The van der Waals surface area contributed by atoms with Crippen LogP contribution in [-0.2, 0) is 4.79 Å². The van der Waals surface area contributed by atoms with Gasteiger partial charge in [-0.2, -0.15) is 0 Å². The SMILES string of the molecule is CC(C)[C@@H](C(=O)O)c1cccnc1. The predicted molar refractivity (Wildman–Crippen MR) is 49.5 cm³/mol. The van der Waals surface area contributed by atoms with Gasteiger partial charge in [0.25, 0.3) is 0 Å². The van der Waals surface area contributed by atoms with Gasteiger partial charge in [-0.25, -0.2) is 0 Å². The van der Waals surface area contributed by atoms with Crippen LogP contribution in [0, 0.1) is 5.92 Å². The summed E-state index contributed by atoms with van der Waals surface area (Å²) in [5.41, 5.74) is 0.769. The summed E-state index contributed by atoms with van der Waals surface area (Å²) in [6.45, 7) is 3.79. The third kappa shape index (κ3) is 2.28. The van der Waals surface area contributed by atoms with Crippen LogP contribution in [0.1, 0.15) is 25.3 Å². The van der Waals surface area contributed by atoms with E-state index in [4.69, 9.17) is 5.11 Å². The minimum Gasteiger partial charge on any atom is -0.481 e. The zero-order chi connectivity index (χ0) is 9.84. The number of pyridine rings is 1. The van der Waals surface area contributed by atoms with E-state index in [9.17, 15) is 4.79 Å². The van der Waals surface area contributed by atoms with Crippen molar-refractivity contribution in [3.05, 3.63) is 30.1 Å². The van der Waals surface area contributed by atoms with Gasteiger partial charge in [-0.1, -0.05) is 19.9 Å². The van der Waals surface area contributed by atoms with Crippen LogP contribution < -0.4 is 0 Å². The second-order valence-electron chi connectivity index (χ2n) is 3.35. The average molecular weight is 179 g/mol. The molecule has 0 unspecified atom stereocenters. The van der Waals surface area contributed by atoms with Crippen LogP contribution >= 0.6 is 0 Å². The Morgan fingerprint density at radius 2 is 2.23 bits per heavy atom. The molecule has 1 aromatic heterocycles. The molecule has 70 valence electrons. The molecule has 0 saturated heterocycles. The van der Waals surface area contributed by atoms with Crippen LogP contribution in [0.3, 0.4) is 0 Å². The van der Waals surface area contributed by atoms with E-state index < -0.39 is 11.9 Å². The van der Waals surface area contributed by atoms with E-state index in [1.807, 2.05) is 13.8 Å². The highest BCUT2D eigenvalue weighted by Crippen LogP contribution is 2.23. The lowest BCUT2D eigenvalue weighted by Gasteiger charge is -2.15. The minimum absolute atomic E-state index is 0.0849. The largest absolute Gasteiger partial charge is 0.481 e. The Kier molecular flexibility index (Phi) is 3.01. The second-order valence-corrected chi connectivity index (χ2v) is 3.35. The van der Waals surface area contributed by atoms with Gasteiger partial charge in [0.15, 0.2) is 0 Å². The molecule has 13 heavy (non-hydrogen) atoms. The smallest absolute Gasteiger partial charge is 0.311 e. The number of carbonyl (C=O) groups is 1. The van der Waals surface area contributed by atoms with Crippen LogP contribution in [0.4, 0.5) is 0 Å². The number of aromatic nitrogens is 1. The summed E-state index contributed by atoms with van der Waals surface area (Å²) in [7, 11) is 0. The van der Waals surface area contributed by atoms with E-state index in [-0.39, 0.29) is 5.92 Å². The summed E-state index contributed by atoms with van der Waals surface area (Å²) in [5.74, 6) is -1.15. The number of carboxylic acids is 1. The highest BCUT2D eigenvalue weighted by atomic mass is 16.4. The van der Waals surface area contributed by atoms with E-state index >= 15 is 0 Å². The number of carboxylic acid groups (broad SMARTS) is 1. The highest BCUT2D eigenvalue weighted by Gasteiger charge is 2.23. The lowest BCUT2D eigenvalue weighted by Crippen LogP contribution is -2.17. The average Bonchev–Trinajstić information content (AvgIpc) is 2.04. The van der Waals surface area contributed by atoms with E-state index in [1.54, 1.807) is 24.5 Å². The van der Waals surface area contributed by atoms with Crippen molar-refractivity contribution in [3.8, 4) is 0 Å². The molecule has 0 spiro atoms. The quantitative estimate of drug-likeness (QED) is 0.771. The monoisotopic (exact) mass is 179 g/mol. The van der Waals surface area contributed by atoms with E-state index in [2.05, 4.69) is 4.98 Å². The normalized spacial score (nSPS) is 12.8. The summed E-state index contributed by atoms with van der Waals surface area (Å²) in [4.78, 5) is 14.8. The Balaban J connectivity index is 2.96. The molecule has 1 heterocycles. The molecule has 0 saturated carbocycles. The molecule has 0 bridgehead atoms. The van der Waals surface area contributed by atoms with E-state index in [0.717, 1.165) is 5.56 Å². The molecular formula is C10H13NO2. The van der Waals surface area contributed by atoms with Gasteiger partial charge < -0.3 is 5.11 Å². The van der Waals surface area contributed by atoms with Crippen LogP contribution in [0.25, 0.3) is 0 Å². The Morgan fingerprint density at radius 3 is 2.62 bits per heavy atom. The third-order valence-corrected chi connectivity index (χ3v) is 1.98. The van der Waals surface area contributed by atoms with Gasteiger partial charge in [-0.3, -0.25) is 9.78 Å². The van der Waals surface area contributed by atoms with Gasteiger partial charge >= 0.3 is 5.97 Å². The summed E-state index contributed by atoms with van der Waals surface area (Å²) < 4.78 is 0. The Hall–Kier alpha value is -1.38. The number of hydrogen-bond acceptors (Lipinski definition) is 2. The summed E-state index contributed by atoms with van der Waals surface area (Å²) in [5, 5.41) is 8.97. The van der Waals surface area contributed by atoms with Crippen LogP contribution in [-0.4, -0.2) is 16.1 Å². The Labute approximate surface area is 77.4 Å². The first-order valence-electron chi connectivity index (χ1n) is 4.25. The van der Waals surface area contributed by atoms with Crippen molar-refractivity contribution in [2.24, 2.45) is 5.92 Å². The fourth-order valence-electron chi connectivity index (χ4n) is 1.37. The molecule has 1 rings (SSSR count). The summed E-state index contributed by atoms with van der Waals surface area (Å²) >= 11 is 0. The van der Waals surface area contributed by atoms with E-state index in [0.29, 0.717) is 0 Å². The van der Waals surface area contributed by atoms with Gasteiger partial charge in [-0.15, -0.1) is 0 Å². The lowest BCUT2D eigenvalue weighted by atomic mass is 9.90. The third-order valence-electron chi connectivity index (χ3n) is 1.98. The molecule has 0 amide bonds. The van der Waals surface area contributed by atoms with Crippen molar-refractivity contribution in [1.82, 2.24) is 4.98 Å². The molecule has 0 aliphatic rings. The molecule has 1 atom stereocenters. The Bertz CT molecular complexity index is 282. The molecule has 0 aliphatic carbocycles. The van der Waals surface area contributed by atoms with Crippen molar-refractivity contribution < 1.29 is 9.90 Å². The van der Waals surface area contributed by atoms with Gasteiger partial charge in [0.05, 0.1) is 5.92 Å². The van der Waals surface area contributed by atoms with Gasteiger partial charge in [0, 0.05) is 12.4 Å². The van der Waals surface area contributed by atoms with Crippen LogP contribution in [0.15, 0.2) is 24.5 Å².